The zero-order chi connectivity index (χ0) is 17.4. The van der Waals surface area contributed by atoms with Crippen LogP contribution in [0.25, 0.3) is 0 Å². The molecule has 24 heavy (non-hydrogen) atoms. The van der Waals surface area contributed by atoms with Gasteiger partial charge in [0.15, 0.2) is 13.6 Å². The van der Waals surface area contributed by atoms with Gasteiger partial charge in [-0.05, 0) is 35.4 Å². The van der Waals surface area contributed by atoms with Gasteiger partial charge in [-0.25, -0.2) is 0 Å². The van der Waals surface area contributed by atoms with Gasteiger partial charge in [-0.2, -0.15) is 0 Å². The summed E-state index contributed by atoms with van der Waals surface area (Å²) in [6.07, 6.45) is -2.10. The zero-order valence-corrected chi connectivity index (χ0v) is 13.7. The Bertz CT molecular complexity index is 540. The molecule has 0 aliphatic heterocycles. The molecular weight excluding hydrogens is 312 g/mol. The van der Waals surface area contributed by atoms with Gasteiger partial charge in [0.1, 0.15) is 23.7 Å². The maximum Gasteiger partial charge on any atom is 0.188 e. The lowest BCUT2D eigenvalue weighted by molar-refractivity contribution is 0.0169. The van der Waals surface area contributed by atoms with E-state index < -0.39 is 12.2 Å². The highest BCUT2D eigenvalue weighted by molar-refractivity contribution is 5.33. The van der Waals surface area contributed by atoms with Crippen molar-refractivity contribution in [1.29, 1.82) is 0 Å². The molecular formula is C18H22O6. The van der Waals surface area contributed by atoms with Crippen molar-refractivity contribution in [3.05, 3.63) is 59.7 Å². The molecule has 0 aliphatic carbocycles. The largest absolute Gasteiger partial charge is 0.468 e. The van der Waals surface area contributed by atoms with Crippen LogP contribution in [0, 0.1) is 0 Å². The van der Waals surface area contributed by atoms with Crippen molar-refractivity contribution in [2.75, 3.05) is 27.8 Å². The summed E-state index contributed by atoms with van der Waals surface area (Å²) in [7, 11) is 3.08. The molecule has 2 N–H and O–H groups in total. The predicted octanol–water partition coefficient (Wildman–Crippen LogP) is 2.42. The highest BCUT2D eigenvalue weighted by Gasteiger charge is 2.20. The summed E-state index contributed by atoms with van der Waals surface area (Å²) in [6, 6.07) is 13.7. The molecule has 0 bridgehead atoms. The molecule has 0 amide bonds. The lowest BCUT2D eigenvalue weighted by atomic mass is 9.98. The number of hydrogen-bond donors (Lipinski definition) is 2. The third kappa shape index (κ3) is 4.94. The standard InChI is InChI=1S/C18H22O6/c1-21-11-23-15-7-3-13(4-8-15)17(19)18(20)14-5-9-16(10-6-14)24-12-22-2/h3-10,17-20H,11-12H2,1-2H3. The normalized spacial score (nSPS) is 13.3. The fourth-order valence-corrected chi connectivity index (χ4v) is 2.14. The number of aliphatic hydroxyl groups excluding tert-OH is 2. The molecule has 0 fully saturated rings. The van der Waals surface area contributed by atoms with Crippen LogP contribution in [0.1, 0.15) is 23.3 Å². The van der Waals surface area contributed by atoms with E-state index in [0.29, 0.717) is 22.6 Å². The molecule has 0 radical (unpaired) electrons. The summed E-state index contributed by atoms with van der Waals surface area (Å²) in [5.41, 5.74) is 1.18. The monoisotopic (exact) mass is 334 g/mol. The van der Waals surface area contributed by atoms with Crippen molar-refractivity contribution < 1.29 is 29.2 Å². The van der Waals surface area contributed by atoms with Crippen molar-refractivity contribution in [3.63, 3.8) is 0 Å². The highest BCUT2D eigenvalue weighted by Crippen LogP contribution is 2.30. The predicted molar refractivity (Wildman–Crippen MR) is 87.8 cm³/mol. The van der Waals surface area contributed by atoms with Gasteiger partial charge in [-0.3, -0.25) is 0 Å². The topological polar surface area (TPSA) is 77.4 Å². The van der Waals surface area contributed by atoms with Crippen LogP contribution in [-0.2, 0) is 9.47 Å². The first-order chi connectivity index (χ1) is 11.7. The number of ether oxygens (including phenoxy) is 4. The van der Waals surface area contributed by atoms with Gasteiger partial charge in [-0.1, -0.05) is 24.3 Å². The molecule has 0 aliphatic rings. The maximum absolute atomic E-state index is 10.4. The van der Waals surface area contributed by atoms with Crippen LogP contribution in [0.4, 0.5) is 0 Å². The molecule has 6 nitrogen and oxygen atoms in total. The van der Waals surface area contributed by atoms with Crippen LogP contribution in [0.5, 0.6) is 11.5 Å². The third-order valence-electron chi connectivity index (χ3n) is 3.43. The second-order valence-corrected chi connectivity index (χ2v) is 5.13. The average Bonchev–Trinajstić information content (AvgIpc) is 2.64. The van der Waals surface area contributed by atoms with Crippen LogP contribution in [0.15, 0.2) is 48.5 Å². The molecule has 130 valence electrons. The molecule has 0 saturated carbocycles. The van der Waals surface area contributed by atoms with Gasteiger partial charge in [0.25, 0.3) is 0 Å². The molecule has 6 heteroatoms. The summed E-state index contributed by atoms with van der Waals surface area (Å²) in [4.78, 5) is 0. The molecule has 2 aromatic carbocycles. The second kappa shape index (κ2) is 9.24. The van der Waals surface area contributed by atoms with Crippen molar-refractivity contribution in [3.8, 4) is 11.5 Å². The van der Waals surface area contributed by atoms with Gasteiger partial charge < -0.3 is 29.2 Å². The van der Waals surface area contributed by atoms with Crippen molar-refractivity contribution in [2.45, 2.75) is 12.2 Å². The molecule has 2 unspecified atom stereocenters. The Morgan fingerprint density at radius 2 is 1.00 bits per heavy atom. The quantitative estimate of drug-likeness (QED) is 0.686. The lowest BCUT2D eigenvalue weighted by Crippen LogP contribution is -2.10. The Morgan fingerprint density at radius 1 is 0.667 bits per heavy atom. The van der Waals surface area contributed by atoms with Crippen LogP contribution in [0.2, 0.25) is 0 Å². The van der Waals surface area contributed by atoms with E-state index in [-0.39, 0.29) is 13.6 Å². The van der Waals surface area contributed by atoms with E-state index >= 15 is 0 Å². The average molecular weight is 334 g/mol. The summed E-state index contributed by atoms with van der Waals surface area (Å²) in [6.45, 7) is 0.310. The minimum absolute atomic E-state index is 0.155. The van der Waals surface area contributed by atoms with E-state index in [1.54, 1.807) is 62.8 Å². The van der Waals surface area contributed by atoms with E-state index in [4.69, 9.17) is 18.9 Å². The third-order valence-corrected chi connectivity index (χ3v) is 3.43. The molecule has 2 aromatic rings. The zero-order valence-electron chi connectivity index (χ0n) is 13.7. The Balaban J connectivity index is 2.01. The number of methoxy groups -OCH3 is 2. The Hall–Kier alpha value is -2.12. The van der Waals surface area contributed by atoms with Crippen molar-refractivity contribution in [2.24, 2.45) is 0 Å². The lowest BCUT2D eigenvalue weighted by Gasteiger charge is -2.19. The number of hydrogen-bond acceptors (Lipinski definition) is 6. The molecule has 0 aromatic heterocycles. The Morgan fingerprint density at radius 3 is 1.29 bits per heavy atom. The van der Waals surface area contributed by atoms with E-state index in [2.05, 4.69) is 0 Å². The molecule has 2 atom stereocenters. The Kier molecular flexibility index (Phi) is 7.02. The number of aliphatic hydroxyl groups is 2. The van der Waals surface area contributed by atoms with Crippen LogP contribution in [-0.4, -0.2) is 38.0 Å². The molecule has 0 heterocycles. The van der Waals surface area contributed by atoms with Gasteiger partial charge in [0.2, 0.25) is 0 Å². The van der Waals surface area contributed by atoms with Gasteiger partial charge >= 0.3 is 0 Å². The number of rotatable bonds is 9. The SMILES string of the molecule is COCOc1ccc(C(O)C(O)c2ccc(OCOC)cc2)cc1. The summed E-state index contributed by atoms with van der Waals surface area (Å²) in [5, 5.41) is 20.7. The van der Waals surface area contributed by atoms with Crippen LogP contribution >= 0.6 is 0 Å². The minimum Gasteiger partial charge on any atom is -0.468 e. The highest BCUT2D eigenvalue weighted by atomic mass is 16.7. The van der Waals surface area contributed by atoms with Gasteiger partial charge in [-0.15, -0.1) is 0 Å². The first kappa shape index (κ1) is 18.2. The first-order valence-corrected chi connectivity index (χ1v) is 7.45. The van der Waals surface area contributed by atoms with E-state index in [0.717, 1.165) is 0 Å². The second-order valence-electron chi connectivity index (χ2n) is 5.13. The summed E-state index contributed by atoms with van der Waals surface area (Å²) >= 11 is 0. The smallest absolute Gasteiger partial charge is 0.188 e. The van der Waals surface area contributed by atoms with Gasteiger partial charge in [0, 0.05) is 14.2 Å². The van der Waals surface area contributed by atoms with Gasteiger partial charge in [0.05, 0.1) is 0 Å². The van der Waals surface area contributed by atoms with E-state index in [1.807, 2.05) is 0 Å². The Labute approximate surface area is 141 Å². The summed E-state index contributed by atoms with van der Waals surface area (Å²) < 4.78 is 20.2. The first-order valence-electron chi connectivity index (χ1n) is 7.45. The summed E-state index contributed by atoms with van der Waals surface area (Å²) in [5.74, 6) is 1.25. The molecule has 0 saturated heterocycles. The van der Waals surface area contributed by atoms with Crippen molar-refractivity contribution >= 4 is 0 Å². The fourth-order valence-electron chi connectivity index (χ4n) is 2.14. The maximum atomic E-state index is 10.4. The fraction of sp³-hybridized carbons (Fsp3) is 0.333. The number of benzene rings is 2. The minimum atomic E-state index is -1.05. The molecule has 0 spiro atoms. The molecule has 2 rings (SSSR count). The van der Waals surface area contributed by atoms with Crippen LogP contribution < -0.4 is 9.47 Å². The van der Waals surface area contributed by atoms with E-state index in [1.165, 1.54) is 0 Å². The van der Waals surface area contributed by atoms with Crippen molar-refractivity contribution in [1.82, 2.24) is 0 Å². The van der Waals surface area contributed by atoms with Crippen LogP contribution in [0.3, 0.4) is 0 Å². The van der Waals surface area contributed by atoms with E-state index in [9.17, 15) is 10.2 Å².